The van der Waals surface area contributed by atoms with Gasteiger partial charge in [0.1, 0.15) is 0 Å². The molecular formula is C19H16N2O2S. The highest BCUT2D eigenvalue weighted by molar-refractivity contribution is 7.96. The van der Waals surface area contributed by atoms with E-state index in [2.05, 4.69) is 9.71 Å². The van der Waals surface area contributed by atoms with Gasteiger partial charge in [0.15, 0.2) is 0 Å². The maximum atomic E-state index is 12.8. The molecule has 1 aliphatic carbocycles. The van der Waals surface area contributed by atoms with Crippen LogP contribution in [0, 0.1) is 0 Å². The Labute approximate surface area is 140 Å². The molecule has 0 amide bonds. The number of aromatic nitrogens is 1. The topological polar surface area (TPSA) is 59.1 Å². The SMILES string of the molecule is O=S(=O)(Nc1cccc2cccnc12)C1=Cc2ccccc2CC1. The van der Waals surface area contributed by atoms with E-state index in [4.69, 9.17) is 0 Å². The van der Waals surface area contributed by atoms with E-state index in [0.29, 0.717) is 22.5 Å². The Hall–Kier alpha value is -2.66. The fourth-order valence-corrected chi connectivity index (χ4v) is 4.25. The average molecular weight is 336 g/mol. The number of pyridine rings is 1. The molecule has 1 heterocycles. The number of para-hydroxylation sites is 1. The lowest BCUT2D eigenvalue weighted by molar-refractivity contribution is 0.605. The van der Waals surface area contributed by atoms with Crippen molar-refractivity contribution in [3.63, 3.8) is 0 Å². The summed E-state index contributed by atoms with van der Waals surface area (Å²) in [6.45, 7) is 0. The summed E-state index contributed by atoms with van der Waals surface area (Å²) in [5, 5.41) is 0.903. The Balaban J connectivity index is 1.73. The van der Waals surface area contributed by atoms with Crippen LogP contribution >= 0.6 is 0 Å². The van der Waals surface area contributed by atoms with Gasteiger partial charge in [-0.05, 0) is 42.2 Å². The summed E-state index contributed by atoms with van der Waals surface area (Å²) >= 11 is 0. The van der Waals surface area contributed by atoms with Gasteiger partial charge in [0.2, 0.25) is 0 Å². The maximum absolute atomic E-state index is 12.8. The number of nitrogens with one attached hydrogen (secondary N) is 1. The molecule has 0 unspecified atom stereocenters. The van der Waals surface area contributed by atoms with E-state index in [9.17, 15) is 8.42 Å². The average Bonchev–Trinajstić information content (AvgIpc) is 2.61. The molecule has 0 bridgehead atoms. The van der Waals surface area contributed by atoms with Gasteiger partial charge in [-0.1, -0.05) is 42.5 Å². The molecule has 4 nitrogen and oxygen atoms in total. The minimum atomic E-state index is -3.60. The van der Waals surface area contributed by atoms with E-state index in [-0.39, 0.29) is 0 Å². The number of fused-ring (bicyclic) bond motifs is 2. The molecule has 0 spiro atoms. The summed E-state index contributed by atoms with van der Waals surface area (Å²) < 4.78 is 28.3. The molecule has 5 heteroatoms. The molecule has 1 aliphatic rings. The van der Waals surface area contributed by atoms with Crippen LogP contribution in [0.5, 0.6) is 0 Å². The van der Waals surface area contributed by atoms with Crippen molar-refractivity contribution in [3.05, 3.63) is 76.8 Å². The van der Waals surface area contributed by atoms with Crippen LogP contribution in [-0.4, -0.2) is 13.4 Å². The number of sulfonamides is 1. The predicted molar refractivity (Wildman–Crippen MR) is 97.0 cm³/mol. The standard InChI is InChI=1S/C19H16N2O2S/c22-24(23,17-11-10-14-5-1-2-6-16(14)13-17)21-18-9-3-7-15-8-4-12-20-19(15)18/h1-9,12-13,21H,10-11H2. The van der Waals surface area contributed by atoms with Crippen LogP contribution in [0.3, 0.4) is 0 Å². The molecule has 1 aromatic heterocycles. The van der Waals surface area contributed by atoms with Crippen molar-refractivity contribution < 1.29 is 8.42 Å². The predicted octanol–water partition coefficient (Wildman–Crippen LogP) is 3.96. The van der Waals surface area contributed by atoms with E-state index >= 15 is 0 Å². The normalized spacial score (nSPS) is 14.1. The smallest absolute Gasteiger partial charge is 0.258 e. The Kier molecular flexibility index (Phi) is 3.58. The Morgan fingerprint density at radius 1 is 0.917 bits per heavy atom. The zero-order valence-corrected chi connectivity index (χ0v) is 13.8. The fourth-order valence-electron chi connectivity index (χ4n) is 3.01. The molecule has 0 radical (unpaired) electrons. The van der Waals surface area contributed by atoms with Crippen LogP contribution in [0.15, 0.2) is 65.7 Å². The van der Waals surface area contributed by atoms with Gasteiger partial charge in [-0.3, -0.25) is 9.71 Å². The van der Waals surface area contributed by atoms with Crippen LogP contribution in [0.1, 0.15) is 17.5 Å². The zero-order chi connectivity index (χ0) is 16.6. The molecule has 1 N–H and O–H groups in total. The molecule has 4 rings (SSSR count). The molecule has 0 aliphatic heterocycles. The van der Waals surface area contributed by atoms with Crippen molar-refractivity contribution in [2.45, 2.75) is 12.8 Å². The Morgan fingerprint density at radius 3 is 2.67 bits per heavy atom. The summed E-state index contributed by atoms with van der Waals surface area (Å²) in [4.78, 5) is 4.71. The highest BCUT2D eigenvalue weighted by atomic mass is 32.2. The monoisotopic (exact) mass is 336 g/mol. The van der Waals surface area contributed by atoms with E-state index < -0.39 is 10.0 Å². The lowest BCUT2D eigenvalue weighted by atomic mass is 9.98. The lowest BCUT2D eigenvalue weighted by Crippen LogP contribution is -2.17. The summed E-state index contributed by atoms with van der Waals surface area (Å²) in [5.74, 6) is 0. The number of hydrogen-bond donors (Lipinski definition) is 1. The number of anilines is 1. The minimum absolute atomic E-state index is 0.411. The lowest BCUT2D eigenvalue weighted by Gasteiger charge is -2.18. The highest BCUT2D eigenvalue weighted by Crippen LogP contribution is 2.29. The van der Waals surface area contributed by atoms with Gasteiger partial charge < -0.3 is 0 Å². The van der Waals surface area contributed by atoms with E-state index in [1.165, 1.54) is 5.56 Å². The maximum Gasteiger partial charge on any atom is 0.258 e. The summed E-state index contributed by atoms with van der Waals surface area (Å²) in [6.07, 6.45) is 4.66. The molecule has 0 saturated carbocycles. The van der Waals surface area contributed by atoms with Gasteiger partial charge in [0.05, 0.1) is 16.1 Å². The van der Waals surface area contributed by atoms with Crippen molar-refractivity contribution in [2.75, 3.05) is 4.72 Å². The Morgan fingerprint density at radius 2 is 1.75 bits per heavy atom. The summed E-state index contributed by atoms with van der Waals surface area (Å²) in [6, 6.07) is 17.1. The molecule has 2 aromatic carbocycles. The van der Waals surface area contributed by atoms with Gasteiger partial charge >= 0.3 is 0 Å². The third kappa shape index (κ3) is 2.67. The first-order valence-corrected chi connectivity index (χ1v) is 9.27. The van der Waals surface area contributed by atoms with Gasteiger partial charge in [-0.25, -0.2) is 8.42 Å². The van der Waals surface area contributed by atoms with Crippen LogP contribution in [0.2, 0.25) is 0 Å². The molecule has 120 valence electrons. The number of rotatable bonds is 3. The van der Waals surface area contributed by atoms with E-state index in [1.807, 2.05) is 48.5 Å². The quantitative estimate of drug-likeness (QED) is 0.787. The van der Waals surface area contributed by atoms with Crippen molar-refractivity contribution in [1.29, 1.82) is 0 Å². The van der Waals surface area contributed by atoms with Crippen molar-refractivity contribution in [1.82, 2.24) is 4.98 Å². The summed E-state index contributed by atoms with van der Waals surface area (Å²) in [7, 11) is -3.60. The highest BCUT2D eigenvalue weighted by Gasteiger charge is 2.22. The molecule has 0 fully saturated rings. The van der Waals surface area contributed by atoms with Crippen LogP contribution in [-0.2, 0) is 16.4 Å². The number of nitrogens with zero attached hydrogens (tertiary/aromatic N) is 1. The van der Waals surface area contributed by atoms with Crippen molar-refractivity contribution >= 4 is 32.7 Å². The van der Waals surface area contributed by atoms with Gasteiger partial charge in [0.25, 0.3) is 10.0 Å². The third-order valence-corrected chi connectivity index (χ3v) is 5.74. The number of benzene rings is 2. The van der Waals surface area contributed by atoms with Gasteiger partial charge in [-0.2, -0.15) is 0 Å². The molecule has 0 saturated heterocycles. The van der Waals surface area contributed by atoms with Crippen molar-refractivity contribution in [2.24, 2.45) is 0 Å². The number of aryl methyl sites for hydroxylation is 1. The third-order valence-electron chi connectivity index (χ3n) is 4.23. The second kappa shape index (κ2) is 5.76. The van der Waals surface area contributed by atoms with Crippen molar-refractivity contribution in [3.8, 4) is 0 Å². The largest absolute Gasteiger partial charge is 0.278 e. The summed E-state index contributed by atoms with van der Waals surface area (Å²) in [5.41, 5.74) is 3.32. The first-order valence-electron chi connectivity index (χ1n) is 7.78. The minimum Gasteiger partial charge on any atom is -0.278 e. The molecule has 0 atom stereocenters. The first kappa shape index (κ1) is 14.9. The Bertz CT molecular complexity index is 1050. The van der Waals surface area contributed by atoms with Crippen LogP contribution in [0.25, 0.3) is 17.0 Å². The van der Waals surface area contributed by atoms with Crippen LogP contribution < -0.4 is 4.72 Å². The second-order valence-electron chi connectivity index (χ2n) is 5.80. The van der Waals surface area contributed by atoms with Crippen LogP contribution in [0.4, 0.5) is 5.69 Å². The molecule has 3 aromatic rings. The first-order chi connectivity index (χ1) is 11.6. The second-order valence-corrected chi connectivity index (χ2v) is 7.53. The van der Waals surface area contributed by atoms with E-state index in [0.717, 1.165) is 17.4 Å². The molecule has 24 heavy (non-hydrogen) atoms. The zero-order valence-electron chi connectivity index (χ0n) is 12.9. The van der Waals surface area contributed by atoms with Gasteiger partial charge in [-0.15, -0.1) is 0 Å². The van der Waals surface area contributed by atoms with E-state index in [1.54, 1.807) is 18.3 Å². The van der Waals surface area contributed by atoms with Gasteiger partial charge in [0, 0.05) is 11.6 Å². The molecular weight excluding hydrogens is 320 g/mol. The fraction of sp³-hybridized carbons (Fsp3) is 0.105. The number of allylic oxidation sites excluding steroid dienone is 1. The number of hydrogen-bond acceptors (Lipinski definition) is 3.